The average molecular weight is 313 g/mol. The maximum atomic E-state index is 13.1. The van der Waals surface area contributed by atoms with Gasteiger partial charge in [-0.3, -0.25) is 4.79 Å². The molecule has 2 aromatic carbocycles. The van der Waals surface area contributed by atoms with E-state index in [2.05, 4.69) is 0 Å². The summed E-state index contributed by atoms with van der Waals surface area (Å²) in [7, 11) is 0. The minimum absolute atomic E-state index is 0.333. The molecule has 0 unspecified atom stereocenters. The summed E-state index contributed by atoms with van der Waals surface area (Å²) in [4.78, 5) is 12.2. The van der Waals surface area contributed by atoms with Gasteiger partial charge in [0.2, 0.25) is 0 Å². The molecule has 0 spiro atoms. The summed E-state index contributed by atoms with van der Waals surface area (Å²) in [5.41, 5.74) is -2.08. The van der Waals surface area contributed by atoms with E-state index in [4.69, 9.17) is 0 Å². The van der Waals surface area contributed by atoms with Gasteiger partial charge in [0, 0.05) is 0 Å². The molecule has 0 saturated heterocycles. The SMILES string of the molecule is O=c1c2ccccc2sn1-c1ccc(F)cc1C(F)(F)F. The summed E-state index contributed by atoms with van der Waals surface area (Å²) in [5, 5.41) is 0.333. The fraction of sp³-hybridized carbons (Fsp3) is 0.0714. The van der Waals surface area contributed by atoms with Gasteiger partial charge in [-0.2, -0.15) is 13.2 Å². The van der Waals surface area contributed by atoms with Crippen LogP contribution in [0.25, 0.3) is 15.8 Å². The molecule has 3 rings (SSSR count). The van der Waals surface area contributed by atoms with E-state index in [1.54, 1.807) is 24.3 Å². The van der Waals surface area contributed by atoms with Gasteiger partial charge in [0.25, 0.3) is 5.56 Å². The largest absolute Gasteiger partial charge is 0.418 e. The molecule has 0 radical (unpaired) electrons. The first-order chi connectivity index (χ1) is 9.88. The van der Waals surface area contributed by atoms with Gasteiger partial charge in [-0.25, -0.2) is 8.35 Å². The molecule has 2 nitrogen and oxygen atoms in total. The molecule has 7 heteroatoms. The Morgan fingerprint density at radius 2 is 1.76 bits per heavy atom. The number of alkyl halides is 3. The van der Waals surface area contributed by atoms with Crippen molar-refractivity contribution in [3.63, 3.8) is 0 Å². The second-order valence-corrected chi connectivity index (χ2v) is 5.33. The third-order valence-corrected chi connectivity index (χ3v) is 4.07. The fourth-order valence-electron chi connectivity index (χ4n) is 2.04. The van der Waals surface area contributed by atoms with Crippen molar-refractivity contribution >= 4 is 21.6 Å². The van der Waals surface area contributed by atoms with Crippen LogP contribution in [0, 0.1) is 5.82 Å². The maximum absolute atomic E-state index is 13.1. The minimum Gasteiger partial charge on any atom is -0.267 e. The number of halogens is 4. The molecule has 21 heavy (non-hydrogen) atoms. The van der Waals surface area contributed by atoms with Crippen LogP contribution >= 0.6 is 11.5 Å². The standard InChI is InChI=1S/C14H7F4NOS/c15-8-5-6-11(10(7-8)14(16,17)18)19-13(20)9-3-1-2-4-12(9)21-19/h1-7H. The van der Waals surface area contributed by atoms with E-state index in [1.165, 1.54) is 0 Å². The van der Waals surface area contributed by atoms with Crippen LogP contribution < -0.4 is 5.56 Å². The number of benzene rings is 2. The van der Waals surface area contributed by atoms with Crippen LogP contribution in [0.1, 0.15) is 5.56 Å². The van der Waals surface area contributed by atoms with Gasteiger partial charge >= 0.3 is 6.18 Å². The zero-order chi connectivity index (χ0) is 15.2. The molecule has 1 aromatic heterocycles. The second-order valence-electron chi connectivity index (χ2n) is 4.35. The van der Waals surface area contributed by atoms with Crippen LogP contribution in [-0.2, 0) is 6.18 Å². The molecular weight excluding hydrogens is 306 g/mol. The molecule has 0 saturated carbocycles. The van der Waals surface area contributed by atoms with Crippen LogP contribution in [0.15, 0.2) is 47.3 Å². The lowest BCUT2D eigenvalue weighted by molar-refractivity contribution is -0.137. The third kappa shape index (κ3) is 2.33. The normalized spacial score (nSPS) is 12.0. The summed E-state index contributed by atoms with van der Waals surface area (Å²) in [6, 6.07) is 8.78. The molecule has 108 valence electrons. The zero-order valence-corrected chi connectivity index (χ0v) is 11.1. The number of hydrogen-bond donors (Lipinski definition) is 0. The molecular formula is C14H7F4NOS. The van der Waals surface area contributed by atoms with Gasteiger partial charge in [-0.15, -0.1) is 0 Å². The van der Waals surface area contributed by atoms with E-state index in [-0.39, 0.29) is 5.69 Å². The molecule has 0 aliphatic rings. The lowest BCUT2D eigenvalue weighted by Gasteiger charge is -2.12. The Morgan fingerprint density at radius 1 is 1.05 bits per heavy atom. The van der Waals surface area contributed by atoms with Gasteiger partial charge < -0.3 is 0 Å². The van der Waals surface area contributed by atoms with Crippen molar-refractivity contribution in [3.05, 3.63) is 64.2 Å². The summed E-state index contributed by atoms with van der Waals surface area (Å²) >= 11 is 0.895. The first-order valence-electron chi connectivity index (χ1n) is 5.86. The van der Waals surface area contributed by atoms with Crippen molar-refractivity contribution in [1.29, 1.82) is 0 Å². The van der Waals surface area contributed by atoms with Gasteiger partial charge in [0.05, 0.1) is 21.3 Å². The second kappa shape index (κ2) is 4.70. The van der Waals surface area contributed by atoms with Gasteiger partial charge in [0.15, 0.2) is 0 Å². The van der Waals surface area contributed by atoms with E-state index >= 15 is 0 Å². The van der Waals surface area contributed by atoms with Crippen molar-refractivity contribution in [2.24, 2.45) is 0 Å². The Balaban J connectivity index is 2.33. The summed E-state index contributed by atoms with van der Waals surface area (Å²) in [5.74, 6) is -1.000. The molecule has 1 heterocycles. The first-order valence-corrected chi connectivity index (χ1v) is 6.63. The molecule has 0 atom stereocenters. The molecule has 0 amide bonds. The first kappa shape index (κ1) is 13.8. The Bertz CT molecular complexity index is 879. The lowest BCUT2D eigenvalue weighted by Crippen LogP contribution is -2.17. The lowest BCUT2D eigenvalue weighted by atomic mass is 10.1. The highest BCUT2D eigenvalue weighted by Crippen LogP contribution is 2.35. The predicted molar refractivity (Wildman–Crippen MR) is 72.4 cm³/mol. The zero-order valence-electron chi connectivity index (χ0n) is 10.3. The monoisotopic (exact) mass is 313 g/mol. The topological polar surface area (TPSA) is 22.0 Å². The number of nitrogens with zero attached hydrogens (tertiary/aromatic N) is 1. The Hall–Kier alpha value is -2.15. The quantitative estimate of drug-likeness (QED) is 0.617. The van der Waals surface area contributed by atoms with Crippen molar-refractivity contribution in [1.82, 2.24) is 3.96 Å². The highest BCUT2D eigenvalue weighted by atomic mass is 32.1. The Kier molecular flexibility index (Phi) is 3.09. The number of hydrogen-bond acceptors (Lipinski definition) is 2. The van der Waals surface area contributed by atoms with Crippen molar-refractivity contribution < 1.29 is 17.6 Å². The number of fused-ring (bicyclic) bond motifs is 1. The van der Waals surface area contributed by atoms with E-state index in [9.17, 15) is 22.4 Å². The average Bonchev–Trinajstić information content (AvgIpc) is 2.76. The minimum atomic E-state index is -4.74. The Labute approximate surface area is 120 Å². The maximum Gasteiger partial charge on any atom is 0.418 e. The van der Waals surface area contributed by atoms with Crippen LogP contribution in [0.4, 0.5) is 17.6 Å². The predicted octanol–water partition coefficient (Wildman–Crippen LogP) is 4.21. The number of aromatic nitrogens is 1. The summed E-state index contributed by atoms with van der Waals surface area (Å²) < 4.78 is 53.7. The van der Waals surface area contributed by atoms with Gasteiger partial charge in [-0.1, -0.05) is 23.7 Å². The molecule has 0 fully saturated rings. The summed E-state index contributed by atoms with van der Waals surface area (Å²) in [6.45, 7) is 0. The fourth-order valence-corrected chi connectivity index (χ4v) is 3.07. The van der Waals surface area contributed by atoms with Crippen LogP contribution in [-0.4, -0.2) is 3.96 Å². The molecule has 0 aliphatic heterocycles. The van der Waals surface area contributed by atoms with E-state index in [1.807, 2.05) is 0 Å². The van der Waals surface area contributed by atoms with Crippen molar-refractivity contribution in [2.45, 2.75) is 6.18 Å². The highest BCUT2D eigenvalue weighted by Gasteiger charge is 2.35. The summed E-state index contributed by atoms with van der Waals surface area (Å²) in [6.07, 6.45) is -4.74. The Morgan fingerprint density at radius 3 is 2.43 bits per heavy atom. The molecule has 0 N–H and O–H groups in total. The number of rotatable bonds is 1. The smallest absolute Gasteiger partial charge is 0.267 e. The molecule has 0 aliphatic carbocycles. The van der Waals surface area contributed by atoms with E-state index in [0.717, 1.165) is 27.6 Å². The molecule has 0 bridgehead atoms. The molecule has 3 aromatic rings. The van der Waals surface area contributed by atoms with Gasteiger partial charge in [-0.05, 0) is 30.3 Å². The van der Waals surface area contributed by atoms with Crippen molar-refractivity contribution in [3.8, 4) is 5.69 Å². The van der Waals surface area contributed by atoms with Crippen molar-refractivity contribution in [2.75, 3.05) is 0 Å². The van der Waals surface area contributed by atoms with E-state index in [0.29, 0.717) is 16.2 Å². The van der Waals surface area contributed by atoms with E-state index < -0.39 is 23.1 Å². The van der Waals surface area contributed by atoms with Crippen LogP contribution in [0.2, 0.25) is 0 Å². The van der Waals surface area contributed by atoms with Crippen LogP contribution in [0.5, 0.6) is 0 Å². The highest BCUT2D eigenvalue weighted by molar-refractivity contribution is 7.14. The van der Waals surface area contributed by atoms with Gasteiger partial charge in [0.1, 0.15) is 5.82 Å². The van der Waals surface area contributed by atoms with Crippen LogP contribution in [0.3, 0.4) is 0 Å². The third-order valence-electron chi connectivity index (χ3n) is 2.97.